The van der Waals surface area contributed by atoms with Gasteiger partial charge < -0.3 is 10.2 Å². The molecular formula is C22H17FN4O3. The van der Waals surface area contributed by atoms with Crippen LogP contribution in [0.1, 0.15) is 34.1 Å². The van der Waals surface area contributed by atoms with Crippen molar-refractivity contribution in [3.05, 3.63) is 93.7 Å². The molecule has 1 spiro atoms. The zero-order chi connectivity index (χ0) is 20.9. The molecule has 0 aliphatic carbocycles. The molecule has 0 saturated carbocycles. The van der Waals surface area contributed by atoms with Gasteiger partial charge in [-0.1, -0.05) is 30.3 Å². The summed E-state index contributed by atoms with van der Waals surface area (Å²) in [6, 6.07) is 15.2. The molecule has 2 aliphatic heterocycles. The highest BCUT2D eigenvalue weighted by molar-refractivity contribution is 6.08. The highest BCUT2D eigenvalue weighted by atomic mass is 19.1. The van der Waals surface area contributed by atoms with Crippen molar-refractivity contribution in [3.63, 3.8) is 0 Å². The number of hydrogen-bond acceptors (Lipinski definition) is 4. The normalized spacial score (nSPS) is 22.2. The first-order valence-corrected chi connectivity index (χ1v) is 9.54. The minimum absolute atomic E-state index is 0.0745. The Balaban J connectivity index is 1.67. The molecule has 3 aromatic rings. The quantitative estimate of drug-likeness (QED) is 0.686. The lowest BCUT2D eigenvalue weighted by Crippen LogP contribution is -2.43. The summed E-state index contributed by atoms with van der Waals surface area (Å²) in [6.45, 7) is 0.309. The Kier molecular flexibility index (Phi) is 4.02. The summed E-state index contributed by atoms with van der Waals surface area (Å²) >= 11 is 0. The Bertz CT molecular complexity index is 1200. The number of anilines is 1. The molecule has 3 heterocycles. The maximum absolute atomic E-state index is 13.6. The Morgan fingerprint density at radius 3 is 2.57 bits per heavy atom. The van der Waals surface area contributed by atoms with Gasteiger partial charge in [-0.3, -0.25) is 14.4 Å². The molecule has 2 aromatic carbocycles. The van der Waals surface area contributed by atoms with Gasteiger partial charge >= 0.3 is 0 Å². The van der Waals surface area contributed by atoms with Gasteiger partial charge in [-0.05, 0) is 41.8 Å². The summed E-state index contributed by atoms with van der Waals surface area (Å²) in [5, 5.41) is 9.06. The Hall–Kier alpha value is -3.81. The smallest absolute Gasteiger partial charge is 0.274 e. The Morgan fingerprint density at radius 1 is 1.07 bits per heavy atom. The van der Waals surface area contributed by atoms with E-state index in [1.165, 1.54) is 24.3 Å². The maximum Gasteiger partial charge on any atom is 0.274 e. The fourth-order valence-corrected chi connectivity index (χ4v) is 4.62. The molecule has 0 unspecified atom stereocenters. The van der Waals surface area contributed by atoms with Crippen LogP contribution >= 0.6 is 0 Å². The second-order valence-corrected chi connectivity index (χ2v) is 7.48. The molecule has 150 valence electrons. The van der Waals surface area contributed by atoms with Crippen LogP contribution in [0.4, 0.5) is 10.1 Å². The van der Waals surface area contributed by atoms with Crippen LogP contribution in [0, 0.1) is 5.82 Å². The third-order valence-electron chi connectivity index (χ3n) is 5.93. The summed E-state index contributed by atoms with van der Waals surface area (Å²) in [4.78, 5) is 39.5. The van der Waals surface area contributed by atoms with Crippen LogP contribution < -0.4 is 10.9 Å². The molecule has 0 bridgehead atoms. The number of hydrogen-bond donors (Lipinski definition) is 2. The summed E-state index contributed by atoms with van der Waals surface area (Å²) in [7, 11) is 0. The second-order valence-electron chi connectivity index (χ2n) is 7.48. The minimum Gasteiger partial charge on any atom is -0.329 e. The number of nitrogens with zero attached hydrogens (tertiary/aromatic N) is 2. The maximum atomic E-state index is 13.6. The van der Waals surface area contributed by atoms with Gasteiger partial charge in [-0.15, -0.1) is 0 Å². The molecule has 8 heteroatoms. The zero-order valence-corrected chi connectivity index (χ0v) is 15.8. The van der Waals surface area contributed by atoms with Gasteiger partial charge in [-0.2, -0.15) is 5.10 Å². The Labute approximate surface area is 170 Å². The molecule has 2 amide bonds. The van der Waals surface area contributed by atoms with Gasteiger partial charge in [0.25, 0.3) is 11.5 Å². The number of para-hydroxylation sites is 1. The van der Waals surface area contributed by atoms with Crippen LogP contribution in [-0.4, -0.2) is 33.5 Å². The van der Waals surface area contributed by atoms with E-state index >= 15 is 0 Å². The highest BCUT2D eigenvalue weighted by Crippen LogP contribution is 2.54. The van der Waals surface area contributed by atoms with E-state index in [4.69, 9.17) is 0 Å². The topological polar surface area (TPSA) is 95.2 Å². The number of H-pyrrole nitrogens is 1. The third-order valence-corrected chi connectivity index (χ3v) is 5.93. The summed E-state index contributed by atoms with van der Waals surface area (Å²) in [6.07, 6.45) is 0.410. The average Bonchev–Trinajstić information content (AvgIpc) is 3.28. The highest BCUT2D eigenvalue weighted by Gasteiger charge is 2.59. The van der Waals surface area contributed by atoms with E-state index < -0.39 is 28.7 Å². The SMILES string of the molecule is O=C(c1ccc(=O)[nH]n1)N1CC[C@]2(C(=O)Nc3ccccc32)[C@@H]1c1ccc(F)cc1. The first-order chi connectivity index (χ1) is 14.5. The number of halogens is 1. The zero-order valence-electron chi connectivity index (χ0n) is 15.8. The first-order valence-electron chi connectivity index (χ1n) is 9.54. The van der Waals surface area contributed by atoms with Crippen molar-refractivity contribution >= 4 is 17.5 Å². The van der Waals surface area contributed by atoms with Crippen molar-refractivity contribution in [1.82, 2.24) is 15.1 Å². The molecule has 1 fully saturated rings. The number of carbonyl (C=O) groups is 2. The van der Waals surface area contributed by atoms with Crippen molar-refractivity contribution in [2.75, 3.05) is 11.9 Å². The lowest BCUT2D eigenvalue weighted by atomic mass is 9.72. The number of amides is 2. The van der Waals surface area contributed by atoms with Crippen LogP contribution in [0.25, 0.3) is 0 Å². The van der Waals surface area contributed by atoms with Gasteiger partial charge in [0.05, 0.1) is 6.04 Å². The van der Waals surface area contributed by atoms with Crippen molar-refractivity contribution in [1.29, 1.82) is 0 Å². The molecule has 2 atom stereocenters. The average molecular weight is 404 g/mol. The van der Waals surface area contributed by atoms with E-state index in [9.17, 15) is 18.8 Å². The van der Waals surface area contributed by atoms with Crippen LogP contribution in [-0.2, 0) is 10.2 Å². The molecule has 2 N–H and O–H groups in total. The Morgan fingerprint density at radius 2 is 1.83 bits per heavy atom. The molecule has 1 aromatic heterocycles. The molecule has 2 aliphatic rings. The van der Waals surface area contributed by atoms with E-state index in [0.29, 0.717) is 24.2 Å². The largest absolute Gasteiger partial charge is 0.329 e. The van der Waals surface area contributed by atoms with Gasteiger partial charge in [0, 0.05) is 18.3 Å². The van der Waals surface area contributed by atoms with E-state index in [-0.39, 0.29) is 11.6 Å². The van der Waals surface area contributed by atoms with Gasteiger partial charge in [0.2, 0.25) is 5.91 Å². The molecular weight excluding hydrogens is 387 g/mol. The molecule has 1 saturated heterocycles. The first kappa shape index (κ1) is 18.2. The molecule has 7 nitrogen and oxygen atoms in total. The van der Waals surface area contributed by atoms with E-state index in [2.05, 4.69) is 15.5 Å². The van der Waals surface area contributed by atoms with Crippen LogP contribution in [0.3, 0.4) is 0 Å². The number of fused-ring (bicyclic) bond motifs is 2. The number of rotatable bonds is 2. The van der Waals surface area contributed by atoms with E-state index in [1.807, 2.05) is 24.3 Å². The number of aromatic amines is 1. The summed E-state index contributed by atoms with van der Waals surface area (Å²) in [5.41, 5.74) is 0.847. The lowest BCUT2D eigenvalue weighted by molar-refractivity contribution is -0.121. The standard InChI is InChI=1S/C22H17FN4O3/c23-14-7-5-13(6-8-14)19-22(15-3-1-2-4-16(15)24-21(22)30)11-12-27(19)20(29)17-9-10-18(28)26-25-17/h1-10,19H,11-12H2,(H,24,30)(H,26,28)/t19-,22+/m0/s1. The summed E-state index contributed by atoms with van der Waals surface area (Å²) in [5.74, 6) is -1.00. The second kappa shape index (κ2) is 6.62. The van der Waals surface area contributed by atoms with E-state index in [1.54, 1.807) is 17.0 Å². The van der Waals surface area contributed by atoms with Crippen LogP contribution in [0.5, 0.6) is 0 Å². The monoisotopic (exact) mass is 404 g/mol. The van der Waals surface area contributed by atoms with Gasteiger partial charge in [-0.25, -0.2) is 9.49 Å². The van der Waals surface area contributed by atoms with Crippen molar-refractivity contribution in [2.24, 2.45) is 0 Å². The number of benzene rings is 2. The summed E-state index contributed by atoms with van der Waals surface area (Å²) < 4.78 is 13.6. The molecule has 0 radical (unpaired) electrons. The fraction of sp³-hybridized carbons (Fsp3) is 0.182. The predicted octanol–water partition coefficient (Wildman–Crippen LogP) is 2.39. The number of carbonyl (C=O) groups excluding carboxylic acids is 2. The number of nitrogens with one attached hydrogen (secondary N) is 2. The van der Waals surface area contributed by atoms with Crippen molar-refractivity contribution in [2.45, 2.75) is 17.9 Å². The number of likely N-dealkylation sites (tertiary alicyclic amines) is 1. The van der Waals surface area contributed by atoms with E-state index in [0.717, 1.165) is 5.56 Å². The van der Waals surface area contributed by atoms with Crippen LogP contribution in [0.15, 0.2) is 65.5 Å². The number of aromatic nitrogens is 2. The third kappa shape index (κ3) is 2.57. The van der Waals surface area contributed by atoms with Gasteiger partial charge in [0.1, 0.15) is 16.9 Å². The van der Waals surface area contributed by atoms with Crippen molar-refractivity contribution < 1.29 is 14.0 Å². The minimum atomic E-state index is -0.994. The van der Waals surface area contributed by atoms with Gasteiger partial charge in [0.15, 0.2) is 0 Å². The fourth-order valence-electron chi connectivity index (χ4n) is 4.62. The molecule has 5 rings (SSSR count). The molecule has 30 heavy (non-hydrogen) atoms. The van der Waals surface area contributed by atoms with Crippen molar-refractivity contribution in [3.8, 4) is 0 Å². The lowest BCUT2D eigenvalue weighted by Gasteiger charge is -2.34. The van der Waals surface area contributed by atoms with Crippen LogP contribution in [0.2, 0.25) is 0 Å². The predicted molar refractivity (Wildman–Crippen MR) is 106 cm³/mol.